The summed E-state index contributed by atoms with van der Waals surface area (Å²) in [4.78, 5) is 4.41. The maximum absolute atomic E-state index is 4.41. The molecule has 0 saturated carbocycles. The number of nitrogens with zero attached hydrogens (tertiary/aromatic N) is 1. The van der Waals surface area contributed by atoms with E-state index in [0.717, 1.165) is 17.4 Å². The molecule has 0 fully saturated rings. The van der Waals surface area contributed by atoms with Gasteiger partial charge in [0.25, 0.3) is 0 Å². The molecule has 0 atom stereocenters. The van der Waals surface area contributed by atoms with E-state index in [-0.39, 0.29) is 0 Å². The summed E-state index contributed by atoms with van der Waals surface area (Å²) < 4.78 is 0. The molecule has 3 rings (SSSR count). The molecule has 0 amide bonds. The van der Waals surface area contributed by atoms with Crippen molar-refractivity contribution >= 4 is 27.2 Å². The fraction of sp³-hybridized carbons (Fsp3) is 0.133. The summed E-state index contributed by atoms with van der Waals surface area (Å²) >= 11 is 1.65. The average Bonchev–Trinajstić information content (AvgIpc) is 2.82. The van der Waals surface area contributed by atoms with Crippen molar-refractivity contribution in [3.05, 3.63) is 59.1 Å². The molecule has 0 saturated heterocycles. The van der Waals surface area contributed by atoms with Gasteiger partial charge in [0.15, 0.2) is 5.13 Å². The van der Waals surface area contributed by atoms with Crippen LogP contribution in [0.3, 0.4) is 0 Å². The van der Waals surface area contributed by atoms with E-state index in [4.69, 9.17) is 0 Å². The molecule has 0 aliphatic rings. The van der Waals surface area contributed by atoms with Gasteiger partial charge in [-0.3, -0.25) is 0 Å². The van der Waals surface area contributed by atoms with E-state index in [1.807, 2.05) is 6.92 Å². The van der Waals surface area contributed by atoms with Gasteiger partial charge in [0.1, 0.15) is 0 Å². The van der Waals surface area contributed by atoms with E-state index in [9.17, 15) is 0 Å². The number of fused-ring (bicyclic) bond motifs is 1. The molecule has 3 heteroatoms. The SMILES string of the molecule is Cc1csc(NCc2cccc3ccccc23)n1. The highest BCUT2D eigenvalue weighted by Gasteiger charge is 2.01. The van der Waals surface area contributed by atoms with E-state index in [0.29, 0.717) is 0 Å². The van der Waals surface area contributed by atoms with Gasteiger partial charge in [-0.1, -0.05) is 42.5 Å². The number of aromatic nitrogens is 1. The first-order valence-electron chi connectivity index (χ1n) is 5.95. The molecule has 0 bridgehead atoms. The maximum atomic E-state index is 4.41. The summed E-state index contributed by atoms with van der Waals surface area (Å²) in [6, 6.07) is 14.9. The number of hydrogen-bond donors (Lipinski definition) is 1. The first kappa shape index (κ1) is 11.2. The van der Waals surface area contributed by atoms with E-state index >= 15 is 0 Å². The van der Waals surface area contributed by atoms with E-state index in [1.54, 1.807) is 11.3 Å². The zero-order valence-electron chi connectivity index (χ0n) is 10.2. The molecule has 1 N–H and O–H groups in total. The van der Waals surface area contributed by atoms with E-state index in [1.165, 1.54) is 16.3 Å². The summed E-state index contributed by atoms with van der Waals surface area (Å²) in [6.45, 7) is 2.83. The van der Waals surface area contributed by atoms with Gasteiger partial charge in [-0.15, -0.1) is 11.3 Å². The standard InChI is InChI=1S/C15H14N2S/c1-11-10-18-15(17-11)16-9-13-7-4-6-12-5-2-3-8-14(12)13/h2-8,10H,9H2,1H3,(H,16,17). The molecule has 2 aromatic carbocycles. The van der Waals surface area contributed by atoms with Crippen LogP contribution in [-0.4, -0.2) is 4.98 Å². The Morgan fingerprint density at radius 1 is 1.11 bits per heavy atom. The van der Waals surface area contributed by atoms with Crippen molar-refractivity contribution in [2.45, 2.75) is 13.5 Å². The highest BCUT2D eigenvalue weighted by atomic mass is 32.1. The van der Waals surface area contributed by atoms with Crippen molar-refractivity contribution in [1.29, 1.82) is 0 Å². The Morgan fingerprint density at radius 3 is 2.78 bits per heavy atom. The van der Waals surface area contributed by atoms with Crippen LogP contribution in [0.4, 0.5) is 5.13 Å². The lowest BCUT2D eigenvalue weighted by Gasteiger charge is -2.07. The van der Waals surface area contributed by atoms with Gasteiger partial charge in [-0.2, -0.15) is 0 Å². The maximum Gasteiger partial charge on any atom is 0.183 e. The van der Waals surface area contributed by atoms with Crippen molar-refractivity contribution in [3.63, 3.8) is 0 Å². The fourth-order valence-electron chi connectivity index (χ4n) is 2.05. The summed E-state index contributed by atoms with van der Waals surface area (Å²) in [5, 5.41) is 9.02. The fourth-order valence-corrected chi connectivity index (χ4v) is 2.74. The molecule has 0 spiro atoms. The lowest BCUT2D eigenvalue weighted by atomic mass is 10.0. The van der Waals surface area contributed by atoms with Crippen LogP contribution < -0.4 is 5.32 Å². The minimum Gasteiger partial charge on any atom is -0.357 e. The number of nitrogens with one attached hydrogen (secondary N) is 1. The molecule has 0 aliphatic heterocycles. The van der Waals surface area contributed by atoms with Crippen LogP contribution in [0.5, 0.6) is 0 Å². The number of hydrogen-bond acceptors (Lipinski definition) is 3. The van der Waals surface area contributed by atoms with Crippen molar-refractivity contribution in [2.75, 3.05) is 5.32 Å². The lowest BCUT2D eigenvalue weighted by molar-refractivity contribution is 1.13. The molecule has 2 nitrogen and oxygen atoms in total. The van der Waals surface area contributed by atoms with Gasteiger partial charge >= 0.3 is 0 Å². The normalized spacial score (nSPS) is 10.7. The second-order valence-electron chi connectivity index (χ2n) is 4.29. The van der Waals surface area contributed by atoms with Crippen LogP contribution in [0.2, 0.25) is 0 Å². The van der Waals surface area contributed by atoms with Gasteiger partial charge < -0.3 is 5.32 Å². The van der Waals surface area contributed by atoms with Crippen LogP contribution in [0, 0.1) is 6.92 Å². The summed E-state index contributed by atoms with van der Waals surface area (Å²) in [6.07, 6.45) is 0. The van der Waals surface area contributed by atoms with Crippen molar-refractivity contribution in [3.8, 4) is 0 Å². The van der Waals surface area contributed by atoms with Crippen LogP contribution in [0.1, 0.15) is 11.3 Å². The van der Waals surface area contributed by atoms with Gasteiger partial charge in [0.2, 0.25) is 0 Å². The minimum atomic E-state index is 0.814. The van der Waals surface area contributed by atoms with E-state index in [2.05, 4.69) is 58.1 Å². The quantitative estimate of drug-likeness (QED) is 0.757. The Hall–Kier alpha value is -1.87. The molecule has 90 valence electrons. The number of rotatable bonds is 3. The first-order valence-corrected chi connectivity index (χ1v) is 6.83. The van der Waals surface area contributed by atoms with Crippen molar-refractivity contribution < 1.29 is 0 Å². The van der Waals surface area contributed by atoms with Crippen LogP contribution in [0.25, 0.3) is 10.8 Å². The highest BCUT2D eigenvalue weighted by molar-refractivity contribution is 7.13. The van der Waals surface area contributed by atoms with Gasteiger partial charge in [-0.25, -0.2) is 4.98 Å². The zero-order valence-corrected chi connectivity index (χ0v) is 11.0. The number of benzene rings is 2. The molecule has 1 aromatic heterocycles. The largest absolute Gasteiger partial charge is 0.357 e. The van der Waals surface area contributed by atoms with Crippen molar-refractivity contribution in [1.82, 2.24) is 4.98 Å². The molecule has 0 aliphatic carbocycles. The predicted octanol–water partition coefficient (Wildman–Crippen LogP) is 4.22. The third kappa shape index (κ3) is 2.22. The van der Waals surface area contributed by atoms with E-state index < -0.39 is 0 Å². The molecular formula is C15H14N2S. The topological polar surface area (TPSA) is 24.9 Å². The molecule has 18 heavy (non-hydrogen) atoms. The van der Waals surface area contributed by atoms with Crippen LogP contribution >= 0.6 is 11.3 Å². The van der Waals surface area contributed by atoms with Gasteiger partial charge in [0.05, 0.1) is 5.69 Å². The second-order valence-corrected chi connectivity index (χ2v) is 5.14. The molecular weight excluding hydrogens is 240 g/mol. The number of anilines is 1. The second kappa shape index (κ2) is 4.78. The number of aryl methyl sites for hydroxylation is 1. The molecule has 1 heterocycles. The first-order chi connectivity index (χ1) is 8.83. The van der Waals surface area contributed by atoms with Crippen LogP contribution in [0.15, 0.2) is 47.8 Å². The Kier molecular flexibility index (Phi) is 2.99. The summed E-state index contributed by atoms with van der Waals surface area (Å²) in [7, 11) is 0. The van der Waals surface area contributed by atoms with Gasteiger partial charge in [-0.05, 0) is 23.3 Å². The summed E-state index contributed by atoms with van der Waals surface area (Å²) in [5.74, 6) is 0. The van der Waals surface area contributed by atoms with Crippen LogP contribution in [-0.2, 0) is 6.54 Å². The Morgan fingerprint density at radius 2 is 1.94 bits per heavy atom. The molecule has 3 aromatic rings. The molecule has 0 radical (unpaired) electrons. The Labute approximate surface area is 110 Å². The monoisotopic (exact) mass is 254 g/mol. The Bertz CT molecular complexity index is 668. The lowest BCUT2D eigenvalue weighted by Crippen LogP contribution is -1.99. The number of thiazole rings is 1. The summed E-state index contributed by atoms with van der Waals surface area (Å²) in [5.41, 5.74) is 2.38. The minimum absolute atomic E-state index is 0.814. The smallest absolute Gasteiger partial charge is 0.183 e. The third-order valence-corrected chi connectivity index (χ3v) is 3.85. The highest BCUT2D eigenvalue weighted by Crippen LogP contribution is 2.21. The Balaban J connectivity index is 1.86. The van der Waals surface area contributed by atoms with Gasteiger partial charge in [0, 0.05) is 11.9 Å². The molecule has 0 unspecified atom stereocenters. The van der Waals surface area contributed by atoms with Crippen molar-refractivity contribution in [2.24, 2.45) is 0 Å². The average molecular weight is 254 g/mol. The zero-order chi connectivity index (χ0) is 12.4. The third-order valence-electron chi connectivity index (χ3n) is 2.93. The predicted molar refractivity (Wildman–Crippen MR) is 78.1 cm³/mol.